The highest BCUT2D eigenvalue weighted by atomic mass is 35.5. The van der Waals surface area contributed by atoms with Crippen LogP contribution in [-0.2, 0) is 21.0 Å². The molecular weight excluding hydrogens is 443 g/mol. The smallest absolute Gasteiger partial charge is 0.376 e. The van der Waals surface area contributed by atoms with Crippen LogP contribution in [0.2, 0.25) is 5.02 Å². The lowest BCUT2D eigenvalue weighted by Gasteiger charge is -2.34. The second-order valence-corrected chi connectivity index (χ2v) is 9.04. The predicted molar refractivity (Wildman–Crippen MR) is 107 cm³/mol. The van der Waals surface area contributed by atoms with Crippen molar-refractivity contribution in [2.45, 2.75) is 11.1 Å². The number of amides is 1. The Bertz CT molecular complexity index is 988. The molecule has 0 aromatic heterocycles. The Morgan fingerprint density at radius 3 is 2.07 bits per heavy atom. The van der Waals surface area contributed by atoms with Crippen LogP contribution >= 0.6 is 11.6 Å². The van der Waals surface area contributed by atoms with E-state index in [1.807, 2.05) is 0 Å². The number of hydrogen-bond acceptors (Lipinski definition) is 4. The summed E-state index contributed by atoms with van der Waals surface area (Å²) in [5.74, 6) is -0.265. The van der Waals surface area contributed by atoms with E-state index in [1.165, 1.54) is 45.6 Å². The number of hydrogen-bond donors (Lipinski definition) is 1. The van der Waals surface area contributed by atoms with Crippen LogP contribution in [0.4, 0.5) is 18.9 Å². The molecule has 1 N–H and O–H groups in total. The van der Waals surface area contributed by atoms with Gasteiger partial charge in [0.1, 0.15) is 0 Å². The quantitative estimate of drug-likeness (QED) is 0.741. The molecule has 0 unspecified atom stereocenters. The predicted octanol–water partition coefficient (Wildman–Crippen LogP) is 3.30. The molecule has 30 heavy (non-hydrogen) atoms. The van der Waals surface area contributed by atoms with E-state index in [0.29, 0.717) is 10.7 Å². The van der Waals surface area contributed by atoms with Gasteiger partial charge in [0.15, 0.2) is 0 Å². The number of piperazine rings is 1. The Morgan fingerprint density at radius 2 is 1.53 bits per heavy atom. The topological polar surface area (TPSA) is 69.7 Å². The maximum absolute atomic E-state index is 12.7. The summed E-state index contributed by atoms with van der Waals surface area (Å²) in [6, 6.07) is 10.3. The van der Waals surface area contributed by atoms with Crippen molar-refractivity contribution in [1.82, 2.24) is 9.21 Å². The third kappa shape index (κ3) is 5.24. The average Bonchev–Trinajstić information content (AvgIpc) is 2.72. The van der Waals surface area contributed by atoms with Crippen molar-refractivity contribution in [1.29, 1.82) is 0 Å². The molecule has 1 fully saturated rings. The van der Waals surface area contributed by atoms with Crippen molar-refractivity contribution < 1.29 is 26.4 Å². The maximum Gasteiger partial charge on any atom is 0.416 e. The molecule has 0 spiro atoms. The Labute approximate surface area is 177 Å². The van der Waals surface area contributed by atoms with Crippen LogP contribution in [0.3, 0.4) is 0 Å². The van der Waals surface area contributed by atoms with Crippen LogP contribution in [0.25, 0.3) is 0 Å². The number of rotatable bonds is 5. The van der Waals surface area contributed by atoms with Crippen LogP contribution in [-0.4, -0.2) is 56.3 Å². The zero-order chi connectivity index (χ0) is 21.9. The summed E-state index contributed by atoms with van der Waals surface area (Å²) in [7, 11) is -3.67. The van der Waals surface area contributed by atoms with Crippen molar-refractivity contribution in [3.63, 3.8) is 0 Å². The second kappa shape index (κ2) is 8.83. The summed E-state index contributed by atoms with van der Waals surface area (Å²) in [5.41, 5.74) is -0.377. The lowest BCUT2D eigenvalue weighted by molar-refractivity contribution is -0.137. The fourth-order valence-electron chi connectivity index (χ4n) is 3.00. The first-order chi connectivity index (χ1) is 14.1. The number of carbonyl (C=O) groups is 1. The first-order valence-corrected chi connectivity index (χ1v) is 10.8. The van der Waals surface area contributed by atoms with Gasteiger partial charge < -0.3 is 10.2 Å². The summed E-state index contributed by atoms with van der Waals surface area (Å²) >= 11 is 5.79. The molecule has 0 saturated carbocycles. The molecule has 2 aromatic rings. The normalized spacial score (nSPS) is 15.8. The van der Waals surface area contributed by atoms with Crippen LogP contribution < -0.4 is 5.32 Å². The molecule has 1 aliphatic rings. The number of nitrogens with zero attached hydrogens (tertiary/aromatic N) is 2. The monoisotopic (exact) mass is 461 g/mol. The number of alkyl halides is 3. The van der Waals surface area contributed by atoms with E-state index in [-0.39, 0.29) is 43.5 Å². The zero-order valence-corrected chi connectivity index (χ0v) is 17.3. The van der Waals surface area contributed by atoms with Gasteiger partial charge in [-0.05, 0) is 48.5 Å². The number of benzene rings is 2. The first-order valence-electron chi connectivity index (χ1n) is 9.02. The molecule has 3 rings (SSSR count). The third-order valence-electron chi connectivity index (χ3n) is 4.70. The maximum atomic E-state index is 12.7. The highest BCUT2D eigenvalue weighted by Crippen LogP contribution is 2.29. The molecular formula is C19H19ClF3N3O3S. The first kappa shape index (κ1) is 22.4. The highest BCUT2D eigenvalue weighted by molar-refractivity contribution is 7.89. The number of sulfonamides is 1. The standard InChI is InChI=1S/C19H19ClF3N3O3S/c20-15-3-7-17(8-4-15)30(28,29)26-11-9-25(10-12-26)18(27)13-24-16-5-1-14(2-6-16)19(21,22)23/h1-8,24H,9-13H2. The van der Waals surface area contributed by atoms with Gasteiger partial charge in [0.05, 0.1) is 17.0 Å². The van der Waals surface area contributed by atoms with Gasteiger partial charge in [-0.25, -0.2) is 8.42 Å². The van der Waals surface area contributed by atoms with Crippen molar-refractivity contribution in [3.8, 4) is 0 Å². The molecule has 1 amide bonds. The third-order valence-corrected chi connectivity index (χ3v) is 6.86. The Morgan fingerprint density at radius 1 is 0.967 bits per heavy atom. The van der Waals surface area contributed by atoms with Gasteiger partial charge in [-0.2, -0.15) is 17.5 Å². The zero-order valence-electron chi connectivity index (χ0n) is 15.7. The molecule has 1 aliphatic heterocycles. The molecule has 0 radical (unpaired) electrons. The molecule has 0 bridgehead atoms. The molecule has 6 nitrogen and oxygen atoms in total. The number of nitrogens with one attached hydrogen (secondary N) is 1. The van der Waals surface area contributed by atoms with E-state index < -0.39 is 21.8 Å². The van der Waals surface area contributed by atoms with Crippen LogP contribution in [0.5, 0.6) is 0 Å². The lowest BCUT2D eigenvalue weighted by Crippen LogP contribution is -2.51. The molecule has 162 valence electrons. The van der Waals surface area contributed by atoms with Gasteiger partial charge >= 0.3 is 6.18 Å². The SMILES string of the molecule is O=C(CNc1ccc(C(F)(F)F)cc1)N1CCN(S(=O)(=O)c2ccc(Cl)cc2)CC1. The van der Waals surface area contributed by atoms with Crippen molar-refractivity contribution in [2.75, 3.05) is 38.0 Å². The van der Waals surface area contributed by atoms with Gasteiger partial charge in [-0.1, -0.05) is 11.6 Å². The van der Waals surface area contributed by atoms with E-state index in [9.17, 15) is 26.4 Å². The number of anilines is 1. The van der Waals surface area contributed by atoms with E-state index in [2.05, 4.69) is 5.32 Å². The summed E-state index contributed by atoms with van der Waals surface area (Å²) in [6.45, 7) is 0.643. The van der Waals surface area contributed by atoms with E-state index in [0.717, 1.165) is 12.1 Å². The summed E-state index contributed by atoms with van der Waals surface area (Å²) in [6.07, 6.45) is -4.42. The van der Waals surface area contributed by atoms with E-state index in [4.69, 9.17) is 11.6 Å². The lowest BCUT2D eigenvalue weighted by atomic mass is 10.2. The van der Waals surface area contributed by atoms with Gasteiger partial charge in [0.2, 0.25) is 15.9 Å². The summed E-state index contributed by atoms with van der Waals surface area (Å²) in [5, 5.41) is 3.23. The fraction of sp³-hybridized carbons (Fsp3) is 0.316. The minimum atomic E-state index is -4.42. The van der Waals surface area contributed by atoms with Crippen molar-refractivity contribution in [2.24, 2.45) is 0 Å². The molecule has 0 aliphatic carbocycles. The van der Waals surface area contributed by atoms with Crippen LogP contribution in [0.1, 0.15) is 5.56 Å². The summed E-state index contributed by atoms with van der Waals surface area (Å²) in [4.78, 5) is 14.0. The second-order valence-electron chi connectivity index (χ2n) is 6.67. The van der Waals surface area contributed by atoms with E-state index in [1.54, 1.807) is 0 Å². The van der Waals surface area contributed by atoms with Crippen molar-refractivity contribution in [3.05, 3.63) is 59.1 Å². The minimum Gasteiger partial charge on any atom is -0.376 e. The van der Waals surface area contributed by atoms with Gasteiger partial charge in [-0.3, -0.25) is 4.79 Å². The fourth-order valence-corrected chi connectivity index (χ4v) is 4.55. The van der Waals surface area contributed by atoms with Crippen molar-refractivity contribution >= 4 is 33.2 Å². The highest BCUT2D eigenvalue weighted by Gasteiger charge is 2.31. The summed E-state index contributed by atoms with van der Waals surface area (Å²) < 4.78 is 64.4. The van der Waals surface area contributed by atoms with Gasteiger partial charge in [-0.15, -0.1) is 0 Å². The number of halogens is 4. The molecule has 0 atom stereocenters. The Kier molecular flexibility index (Phi) is 6.59. The average molecular weight is 462 g/mol. The number of carbonyl (C=O) groups excluding carboxylic acids is 1. The molecule has 2 aromatic carbocycles. The largest absolute Gasteiger partial charge is 0.416 e. The molecule has 11 heteroatoms. The van der Waals surface area contributed by atoms with Gasteiger partial charge in [0.25, 0.3) is 0 Å². The van der Waals surface area contributed by atoms with Crippen LogP contribution in [0.15, 0.2) is 53.4 Å². The Hall–Kier alpha value is -2.30. The molecule has 1 heterocycles. The molecule has 1 saturated heterocycles. The Balaban J connectivity index is 1.52. The van der Waals surface area contributed by atoms with Crippen LogP contribution in [0, 0.1) is 0 Å². The van der Waals surface area contributed by atoms with Gasteiger partial charge in [0, 0.05) is 36.9 Å². The minimum absolute atomic E-state index is 0.102. The van der Waals surface area contributed by atoms with E-state index >= 15 is 0 Å².